The Morgan fingerprint density at radius 1 is 0.941 bits per heavy atom. The molecule has 0 rings (SSSR count). The summed E-state index contributed by atoms with van der Waals surface area (Å²) in [7, 11) is 0. The third-order valence-corrected chi connectivity index (χ3v) is 1.86. The molecule has 0 aromatic rings. The number of rotatable bonds is 4. The van der Waals surface area contributed by atoms with Crippen molar-refractivity contribution in [2.75, 3.05) is 0 Å². The lowest BCUT2D eigenvalue weighted by molar-refractivity contribution is -0.130. The summed E-state index contributed by atoms with van der Waals surface area (Å²) in [6.07, 6.45) is 1.34. The normalized spacial score (nSPS) is 10.6. The number of hydrogen-bond acceptors (Lipinski definition) is 4. The van der Waals surface area contributed by atoms with Crippen LogP contribution >= 0.6 is 0 Å². The van der Waals surface area contributed by atoms with Gasteiger partial charge in [0.2, 0.25) is 11.8 Å². The SMILES string of the molecule is CCC(=O)NC(=O)C=C(C)C(=O)NC(=O)CC. The molecule has 4 amide bonds. The minimum atomic E-state index is -0.673. The highest BCUT2D eigenvalue weighted by molar-refractivity contribution is 6.09. The molecule has 0 unspecified atom stereocenters. The molecular weight excluding hydrogens is 224 g/mol. The molecule has 0 atom stereocenters. The molecule has 94 valence electrons. The van der Waals surface area contributed by atoms with E-state index in [9.17, 15) is 19.2 Å². The maximum Gasteiger partial charge on any atom is 0.253 e. The Morgan fingerprint density at radius 3 is 1.88 bits per heavy atom. The van der Waals surface area contributed by atoms with Crippen LogP contribution in [0.1, 0.15) is 33.6 Å². The Hall–Kier alpha value is -1.98. The van der Waals surface area contributed by atoms with E-state index in [-0.39, 0.29) is 18.4 Å². The minimum Gasteiger partial charge on any atom is -0.293 e. The van der Waals surface area contributed by atoms with Gasteiger partial charge in [-0.1, -0.05) is 13.8 Å². The van der Waals surface area contributed by atoms with Crippen LogP contribution in [0, 0.1) is 0 Å². The largest absolute Gasteiger partial charge is 0.293 e. The van der Waals surface area contributed by atoms with E-state index in [0.29, 0.717) is 0 Å². The Morgan fingerprint density at radius 2 is 1.41 bits per heavy atom. The molecule has 0 aliphatic heterocycles. The summed E-state index contributed by atoms with van der Waals surface area (Å²) in [5.74, 6) is -2.17. The predicted octanol–water partition coefficient (Wildman–Crippen LogP) is 0.0383. The zero-order valence-electron chi connectivity index (χ0n) is 10.1. The average Bonchev–Trinajstić information content (AvgIpc) is 2.28. The molecule has 17 heavy (non-hydrogen) atoms. The summed E-state index contributed by atoms with van der Waals surface area (Å²) in [6, 6.07) is 0. The first kappa shape index (κ1) is 15.0. The van der Waals surface area contributed by atoms with E-state index in [4.69, 9.17) is 0 Å². The van der Waals surface area contributed by atoms with Gasteiger partial charge in [-0.05, 0) is 6.92 Å². The van der Waals surface area contributed by atoms with E-state index in [0.717, 1.165) is 6.08 Å². The van der Waals surface area contributed by atoms with Crippen molar-refractivity contribution in [3.05, 3.63) is 11.6 Å². The smallest absolute Gasteiger partial charge is 0.253 e. The molecule has 0 aromatic carbocycles. The number of nitrogens with one attached hydrogen (secondary N) is 2. The minimum absolute atomic E-state index is 0.0632. The Bertz CT molecular complexity index is 372. The molecule has 0 spiro atoms. The fourth-order valence-corrected chi connectivity index (χ4v) is 0.838. The Labute approximate surface area is 99.4 Å². The molecule has 0 saturated carbocycles. The van der Waals surface area contributed by atoms with Crippen LogP contribution in [-0.4, -0.2) is 23.6 Å². The van der Waals surface area contributed by atoms with Crippen molar-refractivity contribution in [2.24, 2.45) is 0 Å². The van der Waals surface area contributed by atoms with E-state index in [2.05, 4.69) is 10.6 Å². The van der Waals surface area contributed by atoms with Crippen LogP contribution in [0.3, 0.4) is 0 Å². The van der Waals surface area contributed by atoms with Gasteiger partial charge in [-0.25, -0.2) is 0 Å². The van der Waals surface area contributed by atoms with Gasteiger partial charge in [0.05, 0.1) is 0 Å². The van der Waals surface area contributed by atoms with Crippen molar-refractivity contribution in [3.63, 3.8) is 0 Å². The quantitative estimate of drug-likeness (QED) is 0.678. The van der Waals surface area contributed by atoms with E-state index in [1.165, 1.54) is 6.92 Å². The number of carbonyl (C=O) groups is 4. The third kappa shape index (κ3) is 6.24. The Kier molecular flexibility index (Phi) is 6.47. The third-order valence-electron chi connectivity index (χ3n) is 1.86. The fourth-order valence-electron chi connectivity index (χ4n) is 0.838. The Balaban J connectivity index is 4.42. The van der Waals surface area contributed by atoms with Crippen LogP contribution in [0.4, 0.5) is 0 Å². The zero-order valence-corrected chi connectivity index (χ0v) is 10.1. The first-order valence-corrected chi connectivity index (χ1v) is 5.27. The van der Waals surface area contributed by atoms with Gasteiger partial charge in [0, 0.05) is 24.5 Å². The highest BCUT2D eigenvalue weighted by Gasteiger charge is 2.10. The molecular formula is C11H16N2O4. The standard InChI is InChI=1S/C11H16N2O4/c1-4-8(14)12-10(16)6-7(3)11(17)13-9(15)5-2/h6H,4-5H2,1-3H3,(H,12,14,16)(H,13,15,17). The lowest BCUT2D eigenvalue weighted by Gasteiger charge is -2.02. The highest BCUT2D eigenvalue weighted by Crippen LogP contribution is 1.93. The van der Waals surface area contributed by atoms with Gasteiger partial charge < -0.3 is 0 Å². The van der Waals surface area contributed by atoms with Gasteiger partial charge in [-0.3, -0.25) is 29.8 Å². The van der Waals surface area contributed by atoms with Gasteiger partial charge in [0.25, 0.3) is 11.8 Å². The van der Waals surface area contributed by atoms with Gasteiger partial charge in [0.1, 0.15) is 0 Å². The van der Waals surface area contributed by atoms with Crippen molar-refractivity contribution >= 4 is 23.6 Å². The predicted molar refractivity (Wildman–Crippen MR) is 60.6 cm³/mol. The second-order valence-corrected chi connectivity index (χ2v) is 3.32. The topological polar surface area (TPSA) is 92.3 Å². The molecule has 0 saturated heterocycles. The molecule has 0 heterocycles. The van der Waals surface area contributed by atoms with Crippen LogP contribution in [0.15, 0.2) is 11.6 Å². The molecule has 0 aliphatic rings. The van der Waals surface area contributed by atoms with Crippen LogP contribution in [0.25, 0.3) is 0 Å². The fraction of sp³-hybridized carbons (Fsp3) is 0.455. The maximum atomic E-state index is 11.3. The molecule has 6 heteroatoms. The summed E-state index contributed by atoms with van der Waals surface area (Å²) in [5, 5.41) is 4.15. The number of hydrogen-bond donors (Lipinski definition) is 2. The monoisotopic (exact) mass is 240 g/mol. The summed E-state index contributed by atoms with van der Waals surface area (Å²) in [6.45, 7) is 4.59. The number of amides is 4. The van der Waals surface area contributed by atoms with Crippen molar-refractivity contribution < 1.29 is 19.2 Å². The summed E-state index contributed by atoms with van der Waals surface area (Å²) < 4.78 is 0. The van der Waals surface area contributed by atoms with E-state index < -0.39 is 23.6 Å². The summed E-state index contributed by atoms with van der Waals surface area (Å²) >= 11 is 0. The molecule has 0 radical (unpaired) electrons. The van der Waals surface area contributed by atoms with Crippen molar-refractivity contribution in [1.29, 1.82) is 0 Å². The summed E-state index contributed by atoms with van der Waals surface area (Å²) in [4.78, 5) is 44.4. The van der Waals surface area contributed by atoms with Crippen LogP contribution in [0.2, 0.25) is 0 Å². The first-order valence-electron chi connectivity index (χ1n) is 5.27. The highest BCUT2D eigenvalue weighted by atomic mass is 16.2. The second kappa shape index (κ2) is 7.32. The molecule has 0 bridgehead atoms. The van der Waals surface area contributed by atoms with E-state index in [1.807, 2.05) is 0 Å². The molecule has 2 N–H and O–H groups in total. The molecule has 0 aliphatic carbocycles. The zero-order chi connectivity index (χ0) is 13.4. The second-order valence-electron chi connectivity index (χ2n) is 3.32. The lowest BCUT2D eigenvalue weighted by atomic mass is 10.2. The lowest BCUT2D eigenvalue weighted by Crippen LogP contribution is -2.32. The molecule has 0 aromatic heterocycles. The molecule has 6 nitrogen and oxygen atoms in total. The van der Waals surface area contributed by atoms with Crippen molar-refractivity contribution in [2.45, 2.75) is 33.6 Å². The van der Waals surface area contributed by atoms with Crippen LogP contribution < -0.4 is 10.6 Å². The van der Waals surface area contributed by atoms with Crippen LogP contribution in [0.5, 0.6) is 0 Å². The van der Waals surface area contributed by atoms with Gasteiger partial charge in [-0.2, -0.15) is 0 Å². The van der Waals surface area contributed by atoms with Crippen LogP contribution in [-0.2, 0) is 19.2 Å². The first-order chi connectivity index (χ1) is 7.90. The van der Waals surface area contributed by atoms with E-state index in [1.54, 1.807) is 13.8 Å². The maximum absolute atomic E-state index is 11.3. The molecule has 0 fully saturated rings. The van der Waals surface area contributed by atoms with Gasteiger partial charge >= 0.3 is 0 Å². The van der Waals surface area contributed by atoms with Crippen molar-refractivity contribution in [1.82, 2.24) is 10.6 Å². The van der Waals surface area contributed by atoms with Crippen molar-refractivity contribution in [3.8, 4) is 0 Å². The van der Waals surface area contributed by atoms with Gasteiger partial charge in [0.15, 0.2) is 0 Å². The van der Waals surface area contributed by atoms with E-state index >= 15 is 0 Å². The number of imide groups is 2. The van der Waals surface area contributed by atoms with Gasteiger partial charge in [-0.15, -0.1) is 0 Å². The summed E-state index contributed by atoms with van der Waals surface area (Å²) in [5.41, 5.74) is 0.0632. The average molecular weight is 240 g/mol. The number of carbonyl (C=O) groups excluding carboxylic acids is 4.